The highest BCUT2D eigenvalue weighted by Crippen LogP contribution is 1.47. The van der Waals surface area contributed by atoms with Crippen LogP contribution in [0, 0.1) is 11.8 Å². The summed E-state index contributed by atoms with van der Waals surface area (Å²) in [7, 11) is 1.70. The molecule has 6 heavy (non-hydrogen) atoms. The molecule has 32 valence electrons. The second-order valence-corrected chi connectivity index (χ2v) is 0.782. The quantitative estimate of drug-likeness (QED) is 0.301. The summed E-state index contributed by atoms with van der Waals surface area (Å²) in [6.45, 7) is 1.78. The first-order chi connectivity index (χ1) is 2.91. The Labute approximate surface area is 38.1 Å². The third-order valence-electron chi connectivity index (χ3n) is 0.338. The predicted octanol–water partition coefficient (Wildman–Crippen LogP) is 0.710. The molecule has 0 aromatic rings. The van der Waals surface area contributed by atoms with Crippen LogP contribution in [0.1, 0.15) is 6.92 Å². The Hall–Kier alpha value is -0.770. The van der Waals surface area contributed by atoms with Crippen LogP contribution >= 0.6 is 0 Å². The zero-order chi connectivity index (χ0) is 4.83. The van der Waals surface area contributed by atoms with E-state index in [-0.39, 0.29) is 0 Å². The maximum absolute atomic E-state index is 3.63. The molecular weight excluding hydrogens is 74.1 g/mol. The van der Waals surface area contributed by atoms with Gasteiger partial charge in [-0.25, -0.2) is 0 Å². The van der Waals surface area contributed by atoms with Gasteiger partial charge in [-0.05, 0) is 6.92 Å². The summed E-state index contributed by atoms with van der Waals surface area (Å²) < 4.78 is 0. The molecule has 0 aromatic heterocycles. The smallest absolute Gasteiger partial charge is 0.0707 e. The second kappa shape index (κ2) is 4.23. The van der Waals surface area contributed by atoms with Crippen LogP contribution in [-0.4, -0.2) is 13.3 Å². The third-order valence-corrected chi connectivity index (χ3v) is 0.338. The molecule has 0 heterocycles. The fourth-order valence-corrected chi connectivity index (χ4v) is 0.129. The van der Waals surface area contributed by atoms with Crippen molar-refractivity contribution in [3.05, 3.63) is 0 Å². The fraction of sp³-hybridized carbons (Fsp3) is 0.400. The highest BCUT2D eigenvalue weighted by molar-refractivity contribution is 5.77. The SMILES string of the molecule is CC#CC=NC. The van der Waals surface area contributed by atoms with E-state index in [1.807, 2.05) is 0 Å². The molecular formula is C5H7N. The van der Waals surface area contributed by atoms with Crippen molar-refractivity contribution < 1.29 is 0 Å². The molecule has 0 aromatic carbocycles. The van der Waals surface area contributed by atoms with Crippen LogP contribution in [0.15, 0.2) is 4.99 Å². The average Bonchev–Trinajstić information content (AvgIpc) is 1.61. The summed E-state index contributed by atoms with van der Waals surface area (Å²) in [4.78, 5) is 3.63. The number of hydrogen-bond acceptors (Lipinski definition) is 1. The van der Waals surface area contributed by atoms with Crippen molar-refractivity contribution in [3.8, 4) is 11.8 Å². The Morgan fingerprint density at radius 1 is 1.67 bits per heavy atom. The summed E-state index contributed by atoms with van der Waals surface area (Å²) in [5, 5.41) is 0. The van der Waals surface area contributed by atoms with Gasteiger partial charge in [0.05, 0.1) is 6.21 Å². The van der Waals surface area contributed by atoms with Crippen LogP contribution in [0.25, 0.3) is 0 Å². The highest BCUT2D eigenvalue weighted by Gasteiger charge is 1.45. The molecule has 0 atom stereocenters. The van der Waals surface area contributed by atoms with Crippen LogP contribution in [0.2, 0.25) is 0 Å². The van der Waals surface area contributed by atoms with Crippen molar-refractivity contribution in [2.24, 2.45) is 4.99 Å². The van der Waals surface area contributed by atoms with Gasteiger partial charge in [-0.1, -0.05) is 5.92 Å². The van der Waals surface area contributed by atoms with Gasteiger partial charge in [0.2, 0.25) is 0 Å². The second-order valence-electron chi connectivity index (χ2n) is 0.782. The summed E-state index contributed by atoms with van der Waals surface area (Å²) in [6.07, 6.45) is 1.57. The van der Waals surface area contributed by atoms with Gasteiger partial charge in [0, 0.05) is 7.05 Å². The molecule has 0 aliphatic rings. The molecule has 0 aliphatic carbocycles. The summed E-state index contributed by atoms with van der Waals surface area (Å²) >= 11 is 0. The van der Waals surface area contributed by atoms with E-state index in [0.717, 1.165) is 0 Å². The van der Waals surface area contributed by atoms with E-state index in [9.17, 15) is 0 Å². The van der Waals surface area contributed by atoms with Crippen molar-refractivity contribution in [1.82, 2.24) is 0 Å². The van der Waals surface area contributed by atoms with Gasteiger partial charge in [0.15, 0.2) is 0 Å². The molecule has 0 saturated heterocycles. The monoisotopic (exact) mass is 81.1 g/mol. The Bertz CT molecular complexity index is 92.2. The van der Waals surface area contributed by atoms with E-state index in [4.69, 9.17) is 0 Å². The lowest BCUT2D eigenvalue weighted by Gasteiger charge is -1.57. The van der Waals surface area contributed by atoms with Crippen LogP contribution in [-0.2, 0) is 0 Å². The largest absolute Gasteiger partial charge is 0.288 e. The molecule has 0 amide bonds. The Morgan fingerprint density at radius 3 is 2.50 bits per heavy atom. The van der Waals surface area contributed by atoms with Crippen molar-refractivity contribution in [1.29, 1.82) is 0 Å². The number of nitrogens with zero attached hydrogens (tertiary/aromatic N) is 1. The number of rotatable bonds is 0. The molecule has 0 spiro atoms. The van der Waals surface area contributed by atoms with E-state index in [1.165, 1.54) is 0 Å². The van der Waals surface area contributed by atoms with E-state index >= 15 is 0 Å². The van der Waals surface area contributed by atoms with Crippen molar-refractivity contribution in [2.75, 3.05) is 7.05 Å². The van der Waals surface area contributed by atoms with Crippen molar-refractivity contribution >= 4 is 6.21 Å². The molecule has 0 aliphatic heterocycles. The molecule has 1 heteroatoms. The predicted molar refractivity (Wildman–Crippen MR) is 27.9 cm³/mol. The Morgan fingerprint density at radius 2 is 2.33 bits per heavy atom. The van der Waals surface area contributed by atoms with Crippen LogP contribution in [0.4, 0.5) is 0 Å². The van der Waals surface area contributed by atoms with Gasteiger partial charge >= 0.3 is 0 Å². The summed E-state index contributed by atoms with van der Waals surface area (Å²) in [5.41, 5.74) is 0. The zero-order valence-electron chi connectivity index (χ0n) is 4.02. The topological polar surface area (TPSA) is 12.4 Å². The summed E-state index contributed by atoms with van der Waals surface area (Å²) in [6, 6.07) is 0. The standard InChI is InChI=1S/C5H7N/c1-3-4-5-6-2/h5H,1-2H3. The lowest BCUT2D eigenvalue weighted by molar-refractivity contribution is 1.48. The van der Waals surface area contributed by atoms with Crippen LogP contribution in [0.5, 0.6) is 0 Å². The first-order valence-electron chi connectivity index (χ1n) is 1.74. The van der Waals surface area contributed by atoms with Gasteiger partial charge < -0.3 is 0 Å². The van der Waals surface area contributed by atoms with Gasteiger partial charge in [-0.15, -0.1) is 5.92 Å². The molecule has 0 rings (SSSR count). The average molecular weight is 81.1 g/mol. The van der Waals surface area contributed by atoms with Crippen LogP contribution < -0.4 is 0 Å². The minimum atomic E-state index is 1.57. The fourth-order valence-electron chi connectivity index (χ4n) is 0.129. The minimum Gasteiger partial charge on any atom is -0.288 e. The molecule has 0 unspecified atom stereocenters. The molecule has 0 saturated carbocycles. The van der Waals surface area contributed by atoms with E-state index in [1.54, 1.807) is 20.2 Å². The Kier molecular flexibility index (Phi) is 3.69. The molecule has 0 radical (unpaired) electrons. The van der Waals surface area contributed by atoms with Crippen molar-refractivity contribution in [3.63, 3.8) is 0 Å². The number of hydrogen-bond donors (Lipinski definition) is 0. The normalized spacial score (nSPS) is 7.67. The van der Waals surface area contributed by atoms with Crippen molar-refractivity contribution in [2.45, 2.75) is 6.92 Å². The van der Waals surface area contributed by atoms with Gasteiger partial charge in [-0.3, -0.25) is 4.99 Å². The summed E-state index contributed by atoms with van der Waals surface area (Å²) in [5.74, 6) is 5.33. The Balaban J connectivity index is 3.24. The number of aliphatic imine (C=N–C) groups is 1. The zero-order valence-corrected chi connectivity index (χ0v) is 4.02. The van der Waals surface area contributed by atoms with Gasteiger partial charge in [-0.2, -0.15) is 0 Å². The lowest BCUT2D eigenvalue weighted by Crippen LogP contribution is -1.57. The highest BCUT2D eigenvalue weighted by atomic mass is 14.6. The maximum Gasteiger partial charge on any atom is 0.0707 e. The first-order valence-corrected chi connectivity index (χ1v) is 1.74. The molecule has 0 bridgehead atoms. The van der Waals surface area contributed by atoms with Gasteiger partial charge in [0.1, 0.15) is 0 Å². The van der Waals surface area contributed by atoms with E-state index in [2.05, 4.69) is 16.8 Å². The van der Waals surface area contributed by atoms with E-state index in [0.29, 0.717) is 0 Å². The third kappa shape index (κ3) is 3.23. The molecule has 0 fully saturated rings. The minimum absolute atomic E-state index is 1.57. The van der Waals surface area contributed by atoms with E-state index < -0.39 is 0 Å². The molecule has 0 N–H and O–H groups in total. The maximum atomic E-state index is 3.63. The van der Waals surface area contributed by atoms with Crippen LogP contribution in [0.3, 0.4) is 0 Å². The lowest BCUT2D eigenvalue weighted by atomic mass is 10.6. The first kappa shape index (κ1) is 5.23. The molecule has 1 nitrogen and oxygen atoms in total. The van der Waals surface area contributed by atoms with Gasteiger partial charge in [0.25, 0.3) is 0 Å².